The van der Waals surface area contributed by atoms with Crippen LogP contribution in [-0.2, 0) is 0 Å². The lowest BCUT2D eigenvalue weighted by atomic mass is 10.2. The third kappa shape index (κ3) is 14.3. The fraction of sp³-hybridized carbons (Fsp3) is 1.00. The van der Waals surface area contributed by atoms with Crippen molar-refractivity contribution in [1.29, 1.82) is 0 Å². The summed E-state index contributed by atoms with van der Waals surface area (Å²) >= 11 is 0. The van der Waals surface area contributed by atoms with Crippen LogP contribution >= 0.6 is 0 Å². The monoisotopic (exact) mass is 287 g/mol. The molecule has 0 atom stereocenters. The highest BCUT2D eigenvalue weighted by Gasteiger charge is 2.07. The average molecular weight is 288 g/mol. The first-order valence-electron chi connectivity index (χ1n) is 8.17. The Morgan fingerprint density at radius 2 is 1.20 bits per heavy atom. The van der Waals surface area contributed by atoms with E-state index in [-0.39, 0.29) is 0 Å². The Bertz CT molecular complexity index is 213. The Balaban J connectivity index is 3.40. The number of hydrogen-bond acceptors (Lipinski definition) is 3. The molecule has 20 heavy (non-hydrogen) atoms. The van der Waals surface area contributed by atoms with Gasteiger partial charge in [0.15, 0.2) is 0 Å². The first-order chi connectivity index (χ1) is 9.35. The van der Waals surface area contributed by atoms with Gasteiger partial charge in [-0.15, -0.1) is 0 Å². The standard InChI is InChI=1S/C16H39N4/c1-17-11-9-14-18(2)12-7-8-13-19(3)15-10-16-20(4,5)6/h17H,7-16H2,1-6H3/q+1. The molecule has 4 nitrogen and oxygen atoms in total. The lowest BCUT2D eigenvalue weighted by Gasteiger charge is -2.25. The topological polar surface area (TPSA) is 18.5 Å². The molecule has 0 rings (SSSR count). The number of unbranched alkanes of at least 4 members (excludes halogenated alkanes) is 1. The van der Waals surface area contributed by atoms with Crippen molar-refractivity contribution in [2.75, 3.05) is 81.6 Å². The first kappa shape index (κ1) is 19.8. The highest BCUT2D eigenvalue weighted by atomic mass is 15.3. The molecule has 0 saturated heterocycles. The molecule has 0 saturated carbocycles. The third-order valence-corrected chi connectivity index (χ3v) is 3.67. The van der Waals surface area contributed by atoms with Crippen LogP contribution in [0.5, 0.6) is 0 Å². The van der Waals surface area contributed by atoms with Gasteiger partial charge in [-0.2, -0.15) is 0 Å². The zero-order valence-electron chi connectivity index (χ0n) is 14.9. The molecule has 1 N–H and O–H groups in total. The van der Waals surface area contributed by atoms with E-state index in [1.54, 1.807) is 0 Å². The SMILES string of the molecule is CNCCCN(C)CCCCN(C)CCC[N+](C)(C)C. The molecule has 0 heterocycles. The van der Waals surface area contributed by atoms with Gasteiger partial charge >= 0.3 is 0 Å². The summed E-state index contributed by atoms with van der Waals surface area (Å²) in [7, 11) is 13.3. The Hall–Kier alpha value is -0.160. The summed E-state index contributed by atoms with van der Waals surface area (Å²) in [6, 6.07) is 0. The number of nitrogens with zero attached hydrogens (tertiary/aromatic N) is 3. The molecule has 0 bridgehead atoms. The van der Waals surface area contributed by atoms with Crippen molar-refractivity contribution in [3.63, 3.8) is 0 Å². The molecule has 0 aromatic heterocycles. The fourth-order valence-corrected chi connectivity index (χ4v) is 2.33. The molecule has 0 aliphatic heterocycles. The van der Waals surface area contributed by atoms with Crippen molar-refractivity contribution in [1.82, 2.24) is 15.1 Å². The lowest BCUT2D eigenvalue weighted by Crippen LogP contribution is -2.37. The molecule has 0 radical (unpaired) electrons. The summed E-state index contributed by atoms with van der Waals surface area (Å²) < 4.78 is 1.07. The summed E-state index contributed by atoms with van der Waals surface area (Å²) in [6.07, 6.45) is 5.18. The smallest absolute Gasteiger partial charge is 0.0792 e. The molecule has 0 aromatic carbocycles. The van der Waals surface area contributed by atoms with Gasteiger partial charge in [0, 0.05) is 13.0 Å². The van der Waals surface area contributed by atoms with Crippen molar-refractivity contribution >= 4 is 0 Å². The van der Waals surface area contributed by atoms with E-state index >= 15 is 0 Å². The van der Waals surface area contributed by atoms with Crippen LogP contribution in [0.2, 0.25) is 0 Å². The van der Waals surface area contributed by atoms with Crippen LogP contribution in [-0.4, -0.2) is 95.8 Å². The second-order valence-electron chi connectivity index (χ2n) is 7.14. The minimum Gasteiger partial charge on any atom is -0.331 e. The summed E-state index contributed by atoms with van der Waals surface area (Å²) in [4.78, 5) is 4.94. The molecular formula is C16H39N4+. The van der Waals surface area contributed by atoms with Gasteiger partial charge in [0.25, 0.3) is 0 Å². The van der Waals surface area contributed by atoms with Gasteiger partial charge < -0.3 is 19.6 Å². The van der Waals surface area contributed by atoms with Gasteiger partial charge in [-0.25, -0.2) is 0 Å². The van der Waals surface area contributed by atoms with E-state index in [2.05, 4.69) is 50.4 Å². The molecule has 0 unspecified atom stereocenters. The minimum absolute atomic E-state index is 1.07. The Labute approximate surface area is 127 Å². The average Bonchev–Trinajstić information content (AvgIpc) is 2.33. The first-order valence-corrected chi connectivity index (χ1v) is 8.17. The van der Waals surface area contributed by atoms with E-state index in [0.717, 1.165) is 11.0 Å². The van der Waals surface area contributed by atoms with Gasteiger partial charge in [0.2, 0.25) is 0 Å². The predicted octanol–water partition coefficient (Wildman–Crippen LogP) is 1.34. The van der Waals surface area contributed by atoms with Crippen LogP contribution < -0.4 is 5.32 Å². The number of quaternary nitrogens is 1. The lowest BCUT2D eigenvalue weighted by molar-refractivity contribution is -0.870. The summed E-state index contributed by atoms with van der Waals surface area (Å²) in [5, 5.41) is 3.20. The molecule has 4 heteroatoms. The van der Waals surface area contributed by atoms with Crippen LogP contribution in [0.4, 0.5) is 0 Å². The highest BCUT2D eigenvalue weighted by Crippen LogP contribution is 1.99. The summed E-state index contributed by atoms with van der Waals surface area (Å²) in [6.45, 7) is 7.30. The number of nitrogens with one attached hydrogen (secondary N) is 1. The number of rotatable bonds is 13. The van der Waals surface area contributed by atoms with Crippen LogP contribution in [0.15, 0.2) is 0 Å². The zero-order valence-corrected chi connectivity index (χ0v) is 14.9. The Morgan fingerprint density at radius 3 is 1.65 bits per heavy atom. The van der Waals surface area contributed by atoms with E-state index in [4.69, 9.17) is 0 Å². The van der Waals surface area contributed by atoms with Gasteiger partial charge in [-0.3, -0.25) is 0 Å². The van der Waals surface area contributed by atoms with Crippen LogP contribution in [0.25, 0.3) is 0 Å². The van der Waals surface area contributed by atoms with Crippen molar-refractivity contribution < 1.29 is 4.48 Å². The van der Waals surface area contributed by atoms with E-state index in [9.17, 15) is 0 Å². The molecule has 122 valence electrons. The van der Waals surface area contributed by atoms with Crippen LogP contribution in [0, 0.1) is 0 Å². The quantitative estimate of drug-likeness (QED) is 0.407. The van der Waals surface area contributed by atoms with Crippen molar-refractivity contribution in [3.05, 3.63) is 0 Å². The van der Waals surface area contributed by atoms with E-state index < -0.39 is 0 Å². The van der Waals surface area contributed by atoms with Gasteiger partial charge in [-0.1, -0.05) is 0 Å². The number of hydrogen-bond donors (Lipinski definition) is 1. The highest BCUT2D eigenvalue weighted by molar-refractivity contribution is 4.56. The van der Waals surface area contributed by atoms with E-state index in [1.807, 2.05) is 7.05 Å². The molecule has 0 spiro atoms. The molecular weight excluding hydrogens is 248 g/mol. The normalized spacial score (nSPS) is 12.6. The van der Waals surface area contributed by atoms with Crippen molar-refractivity contribution in [2.45, 2.75) is 25.7 Å². The van der Waals surface area contributed by atoms with Crippen LogP contribution in [0.1, 0.15) is 25.7 Å². The molecule has 0 aliphatic rings. The minimum atomic E-state index is 1.07. The van der Waals surface area contributed by atoms with Crippen molar-refractivity contribution in [2.24, 2.45) is 0 Å². The second kappa shape index (κ2) is 11.5. The molecule has 0 amide bonds. The zero-order chi connectivity index (χ0) is 15.4. The maximum atomic E-state index is 3.20. The van der Waals surface area contributed by atoms with Gasteiger partial charge in [0.05, 0.1) is 27.7 Å². The van der Waals surface area contributed by atoms with Crippen molar-refractivity contribution in [3.8, 4) is 0 Å². The Kier molecular flexibility index (Phi) is 11.4. The van der Waals surface area contributed by atoms with E-state index in [1.165, 1.54) is 58.4 Å². The van der Waals surface area contributed by atoms with Gasteiger partial charge in [0.1, 0.15) is 0 Å². The van der Waals surface area contributed by atoms with Crippen LogP contribution in [0.3, 0.4) is 0 Å². The van der Waals surface area contributed by atoms with Gasteiger partial charge in [-0.05, 0) is 66.6 Å². The molecule has 0 fully saturated rings. The largest absolute Gasteiger partial charge is 0.331 e. The summed E-state index contributed by atoms with van der Waals surface area (Å²) in [5.74, 6) is 0. The predicted molar refractivity (Wildman–Crippen MR) is 90.3 cm³/mol. The van der Waals surface area contributed by atoms with E-state index in [0.29, 0.717) is 0 Å². The molecule has 0 aromatic rings. The maximum Gasteiger partial charge on any atom is 0.0792 e. The fourth-order valence-electron chi connectivity index (χ4n) is 2.33. The maximum absolute atomic E-state index is 3.20. The Morgan fingerprint density at radius 1 is 0.750 bits per heavy atom. The summed E-state index contributed by atoms with van der Waals surface area (Å²) in [5.41, 5.74) is 0. The second-order valence-corrected chi connectivity index (χ2v) is 7.14. The molecule has 0 aliphatic carbocycles. The third-order valence-electron chi connectivity index (χ3n) is 3.67.